The number of amides is 1. The summed E-state index contributed by atoms with van der Waals surface area (Å²) in [7, 11) is 0. The lowest BCUT2D eigenvalue weighted by atomic mass is 10.1. The molecule has 8 heteroatoms. The maximum absolute atomic E-state index is 12.5. The van der Waals surface area contributed by atoms with E-state index in [0.29, 0.717) is 12.5 Å². The molecule has 1 saturated heterocycles. The minimum atomic E-state index is 0. The van der Waals surface area contributed by atoms with E-state index in [1.165, 1.54) is 0 Å². The van der Waals surface area contributed by atoms with Crippen LogP contribution in [0.3, 0.4) is 0 Å². The highest BCUT2D eigenvalue weighted by atomic mass is 35.5. The Bertz CT molecular complexity index is 679. The molecule has 1 aromatic carbocycles. The monoisotopic (exact) mass is 419 g/mol. The van der Waals surface area contributed by atoms with E-state index < -0.39 is 0 Å². The zero-order valence-electron chi connectivity index (χ0n) is 14.0. The first-order chi connectivity index (χ1) is 11.2. The van der Waals surface area contributed by atoms with E-state index in [-0.39, 0.29) is 30.7 Å². The van der Waals surface area contributed by atoms with Gasteiger partial charge in [0.15, 0.2) is 0 Å². The molecule has 4 nitrogen and oxygen atoms in total. The van der Waals surface area contributed by atoms with Gasteiger partial charge >= 0.3 is 0 Å². The van der Waals surface area contributed by atoms with Gasteiger partial charge < -0.3 is 10.6 Å². The number of nitrogens with zero attached hydrogens (tertiary/aromatic N) is 2. The second-order valence-electron chi connectivity index (χ2n) is 5.81. The van der Waals surface area contributed by atoms with Crippen molar-refractivity contribution in [1.82, 2.24) is 9.88 Å². The molecule has 3 rings (SSSR count). The number of thiazole rings is 1. The molecule has 25 heavy (non-hydrogen) atoms. The molecule has 2 N–H and O–H groups in total. The summed E-state index contributed by atoms with van der Waals surface area (Å²) in [6.45, 7) is 4.29. The predicted octanol–water partition coefficient (Wildman–Crippen LogP) is 4.01. The highest BCUT2D eigenvalue weighted by Crippen LogP contribution is 2.25. The summed E-state index contributed by atoms with van der Waals surface area (Å²) in [6.07, 6.45) is 1.02. The zero-order valence-corrected chi connectivity index (χ0v) is 17.3. The van der Waals surface area contributed by atoms with Gasteiger partial charge in [-0.1, -0.05) is 0 Å². The molecule has 2 heterocycles. The molecule has 1 fully saturated rings. The van der Waals surface area contributed by atoms with Crippen LogP contribution in [-0.4, -0.2) is 35.4 Å². The van der Waals surface area contributed by atoms with Crippen molar-refractivity contribution in [1.29, 1.82) is 0 Å². The summed E-state index contributed by atoms with van der Waals surface area (Å²) < 4.78 is 0. The molecule has 1 aliphatic rings. The number of thioether (sulfide) groups is 1. The van der Waals surface area contributed by atoms with Crippen molar-refractivity contribution in [3.8, 4) is 0 Å². The van der Waals surface area contributed by atoms with Gasteiger partial charge in [0.25, 0.3) is 5.91 Å². The topological polar surface area (TPSA) is 59.2 Å². The second-order valence-corrected chi connectivity index (χ2v) is 7.92. The average Bonchev–Trinajstić information content (AvgIpc) is 3.21. The third kappa shape index (κ3) is 5.86. The van der Waals surface area contributed by atoms with E-state index in [9.17, 15) is 4.79 Å². The van der Waals surface area contributed by atoms with Crippen LogP contribution < -0.4 is 5.73 Å². The van der Waals surface area contributed by atoms with Gasteiger partial charge in [0.1, 0.15) is 0 Å². The SMILES string of the molecule is Cc1nc(CSc2ccc(C(=O)N3CCC(CN)C3)cc2)cs1.Cl.Cl. The Morgan fingerprint density at radius 3 is 2.64 bits per heavy atom. The van der Waals surface area contributed by atoms with Crippen LogP contribution in [0.15, 0.2) is 34.5 Å². The lowest BCUT2D eigenvalue weighted by Crippen LogP contribution is -2.29. The average molecular weight is 420 g/mol. The number of hydrogen-bond donors (Lipinski definition) is 1. The Balaban J connectivity index is 0.00000156. The highest BCUT2D eigenvalue weighted by Gasteiger charge is 2.25. The first-order valence-corrected chi connectivity index (χ1v) is 9.65. The molecule has 1 aliphatic heterocycles. The molecule has 0 spiro atoms. The molecule has 0 saturated carbocycles. The van der Waals surface area contributed by atoms with Crippen LogP contribution in [0.4, 0.5) is 0 Å². The first kappa shape index (κ1) is 22.3. The molecule has 1 amide bonds. The molecule has 0 aliphatic carbocycles. The van der Waals surface area contributed by atoms with Crippen LogP contribution >= 0.6 is 47.9 Å². The zero-order chi connectivity index (χ0) is 16.2. The first-order valence-electron chi connectivity index (χ1n) is 7.79. The number of benzene rings is 1. The number of aryl methyl sites for hydroxylation is 1. The van der Waals surface area contributed by atoms with Crippen LogP contribution in [0, 0.1) is 12.8 Å². The Morgan fingerprint density at radius 2 is 2.08 bits per heavy atom. The van der Waals surface area contributed by atoms with Crippen LogP contribution in [-0.2, 0) is 5.75 Å². The van der Waals surface area contributed by atoms with Crippen molar-refractivity contribution < 1.29 is 4.79 Å². The number of nitrogens with two attached hydrogens (primary N) is 1. The van der Waals surface area contributed by atoms with Crippen molar-refractivity contribution in [3.63, 3.8) is 0 Å². The summed E-state index contributed by atoms with van der Waals surface area (Å²) in [5, 5.41) is 3.20. The van der Waals surface area contributed by atoms with Gasteiger partial charge in [-0.3, -0.25) is 4.79 Å². The molecule has 1 aromatic heterocycles. The van der Waals surface area contributed by atoms with E-state index in [4.69, 9.17) is 5.73 Å². The number of carbonyl (C=O) groups excluding carboxylic acids is 1. The van der Waals surface area contributed by atoms with Crippen molar-refractivity contribution >= 4 is 53.8 Å². The minimum absolute atomic E-state index is 0. The van der Waals surface area contributed by atoms with Crippen molar-refractivity contribution in [2.24, 2.45) is 11.7 Å². The summed E-state index contributed by atoms with van der Waals surface area (Å²) in [4.78, 5) is 20.0. The van der Waals surface area contributed by atoms with Gasteiger partial charge in [-0.15, -0.1) is 47.9 Å². The third-order valence-electron chi connectivity index (χ3n) is 4.06. The van der Waals surface area contributed by atoms with Crippen LogP contribution in [0.5, 0.6) is 0 Å². The van der Waals surface area contributed by atoms with E-state index in [1.807, 2.05) is 36.1 Å². The summed E-state index contributed by atoms with van der Waals surface area (Å²) in [5.74, 6) is 1.44. The normalized spacial score (nSPS) is 16.2. The van der Waals surface area contributed by atoms with Crippen LogP contribution in [0.1, 0.15) is 27.5 Å². The number of carbonyl (C=O) groups is 1. The Hall–Kier alpha value is -0.790. The number of rotatable bonds is 5. The maximum Gasteiger partial charge on any atom is 0.253 e. The fourth-order valence-corrected chi connectivity index (χ4v) is 4.23. The van der Waals surface area contributed by atoms with Crippen molar-refractivity contribution in [3.05, 3.63) is 45.9 Å². The van der Waals surface area contributed by atoms with Crippen LogP contribution in [0.25, 0.3) is 0 Å². The largest absolute Gasteiger partial charge is 0.338 e. The Morgan fingerprint density at radius 1 is 1.36 bits per heavy atom. The van der Waals surface area contributed by atoms with E-state index in [1.54, 1.807) is 23.1 Å². The molecule has 0 bridgehead atoms. The van der Waals surface area contributed by atoms with Gasteiger partial charge in [-0.05, 0) is 50.1 Å². The lowest BCUT2D eigenvalue weighted by molar-refractivity contribution is 0.0787. The summed E-state index contributed by atoms with van der Waals surface area (Å²) in [6, 6.07) is 7.89. The van der Waals surface area contributed by atoms with Gasteiger partial charge in [0.2, 0.25) is 0 Å². The van der Waals surface area contributed by atoms with E-state index >= 15 is 0 Å². The second kappa shape index (κ2) is 10.4. The molecule has 1 unspecified atom stereocenters. The molecule has 0 radical (unpaired) electrons. The summed E-state index contributed by atoms with van der Waals surface area (Å²) in [5.41, 5.74) is 7.57. The number of hydrogen-bond acceptors (Lipinski definition) is 5. The molecule has 2 aromatic rings. The maximum atomic E-state index is 12.5. The molecule has 138 valence electrons. The van der Waals surface area contributed by atoms with Gasteiger partial charge in [0, 0.05) is 34.7 Å². The number of likely N-dealkylation sites (tertiary alicyclic amines) is 1. The highest BCUT2D eigenvalue weighted by molar-refractivity contribution is 7.98. The van der Waals surface area contributed by atoms with Gasteiger partial charge in [-0.2, -0.15) is 0 Å². The quantitative estimate of drug-likeness (QED) is 0.743. The fraction of sp³-hybridized carbons (Fsp3) is 0.412. The van der Waals surface area contributed by atoms with Crippen molar-refractivity contribution in [2.45, 2.75) is 24.0 Å². The summed E-state index contributed by atoms with van der Waals surface area (Å²) >= 11 is 3.42. The smallest absolute Gasteiger partial charge is 0.253 e. The molecule has 1 atom stereocenters. The van der Waals surface area contributed by atoms with E-state index in [0.717, 1.165) is 46.4 Å². The van der Waals surface area contributed by atoms with Crippen molar-refractivity contribution in [2.75, 3.05) is 19.6 Å². The predicted molar refractivity (Wildman–Crippen MR) is 110 cm³/mol. The Kier molecular flexibility index (Phi) is 9.24. The van der Waals surface area contributed by atoms with E-state index in [2.05, 4.69) is 10.4 Å². The van der Waals surface area contributed by atoms with Crippen LogP contribution in [0.2, 0.25) is 0 Å². The molecular weight excluding hydrogens is 397 g/mol. The lowest BCUT2D eigenvalue weighted by Gasteiger charge is -2.16. The Labute approximate surface area is 169 Å². The molecular formula is C17H23Cl2N3OS2. The minimum Gasteiger partial charge on any atom is -0.338 e. The van der Waals surface area contributed by atoms with Gasteiger partial charge in [-0.25, -0.2) is 4.98 Å². The number of halogens is 2. The van der Waals surface area contributed by atoms with Gasteiger partial charge in [0.05, 0.1) is 10.7 Å². The number of aromatic nitrogens is 1. The standard InChI is InChI=1S/C17H21N3OS2.2ClH/c1-12-19-15(10-22-12)11-23-16-4-2-14(3-5-16)17(21)20-7-6-13(8-18)9-20;;/h2-5,10,13H,6-9,11,18H2,1H3;2*1H. The third-order valence-corrected chi connectivity index (χ3v) is 5.93. The fourth-order valence-electron chi connectivity index (χ4n) is 2.72.